The average Bonchev–Trinajstić information content (AvgIpc) is 2.66. The molecule has 0 bridgehead atoms. The summed E-state index contributed by atoms with van der Waals surface area (Å²) in [4.78, 5) is 5.29. The third-order valence-corrected chi connectivity index (χ3v) is 4.55. The Hall–Kier alpha value is -2.79. The van der Waals surface area contributed by atoms with Crippen molar-refractivity contribution < 1.29 is 13.2 Å². The molecule has 0 N–H and O–H groups in total. The number of nitrogens with zero attached hydrogens (tertiary/aromatic N) is 1. The number of halogens is 3. The summed E-state index contributed by atoms with van der Waals surface area (Å²) in [5, 5.41) is 1.71. The first kappa shape index (κ1) is 19.0. The molecule has 27 heavy (non-hydrogen) atoms. The third-order valence-electron chi connectivity index (χ3n) is 3.73. The molecule has 0 saturated carbocycles. The molecule has 0 spiro atoms. The van der Waals surface area contributed by atoms with E-state index in [9.17, 15) is 13.2 Å². The summed E-state index contributed by atoms with van der Waals surface area (Å²) in [6, 6.07) is 16.7. The van der Waals surface area contributed by atoms with Crippen LogP contribution in [0.15, 0.2) is 88.1 Å². The van der Waals surface area contributed by atoms with Crippen LogP contribution in [0.1, 0.15) is 11.1 Å². The Morgan fingerprint density at radius 2 is 1.52 bits per heavy atom. The molecular weight excluding hydrogens is 367 g/mol. The summed E-state index contributed by atoms with van der Waals surface area (Å²) in [6.45, 7) is 1.96. The highest BCUT2D eigenvalue weighted by Crippen LogP contribution is 2.22. The highest BCUT2D eigenvalue weighted by atomic mass is 32.2. The van der Waals surface area contributed by atoms with E-state index in [1.54, 1.807) is 23.6 Å². The van der Waals surface area contributed by atoms with Crippen LogP contribution in [0.2, 0.25) is 0 Å². The number of allylic oxidation sites excluding steroid dienone is 1. The Bertz CT molecular complexity index is 977. The number of thioether (sulfide) groups is 1. The zero-order valence-corrected chi connectivity index (χ0v) is 15.3. The minimum Gasteiger partial charge on any atom is -0.248 e. The summed E-state index contributed by atoms with van der Waals surface area (Å²) >= 11 is 1.33. The Morgan fingerprint density at radius 3 is 2.22 bits per heavy atom. The minimum atomic E-state index is -0.557. The van der Waals surface area contributed by atoms with Crippen molar-refractivity contribution in [2.75, 3.05) is 0 Å². The van der Waals surface area contributed by atoms with Crippen LogP contribution < -0.4 is 0 Å². The molecule has 0 aliphatic heterocycles. The summed E-state index contributed by atoms with van der Waals surface area (Å²) in [5.41, 5.74) is 2.09. The molecular formula is C22H16F3NS. The molecule has 0 saturated heterocycles. The topological polar surface area (TPSA) is 12.4 Å². The Kier molecular flexibility index (Phi) is 6.14. The first-order valence-electron chi connectivity index (χ1n) is 8.21. The van der Waals surface area contributed by atoms with Crippen LogP contribution >= 0.6 is 11.8 Å². The van der Waals surface area contributed by atoms with Crippen molar-refractivity contribution in [3.8, 4) is 0 Å². The molecule has 0 radical (unpaired) electrons. The zero-order chi connectivity index (χ0) is 19.2. The number of hydrogen-bond donors (Lipinski definition) is 0. The normalized spacial score (nSPS) is 11.9. The van der Waals surface area contributed by atoms with Gasteiger partial charge in [0.2, 0.25) is 0 Å². The van der Waals surface area contributed by atoms with E-state index in [1.165, 1.54) is 23.9 Å². The second-order valence-electron chi connectivity index (χ2n) is 5.83. The maximum atomic E-state index is 14.3. The van der Waals surface area contributed by atoms with Gasteiger partial charge in [-0.3, -0.25) is 0 Å². The van der Waals surface area contributed by atoms with E-state index in [-0.39, 0.29) is 11.4 Å². The molecule has 1 nitrogen and oxygen atoms in total. The summed E-state index contributed by atoms with van der Waals surface area (Å²) in [6.07, 6.45) is 1.62. The number of rotatable bonds is 5. The van der Waals surface area contributed by atoms with E-state index in [0.29, 0.717) is 11.4 Å². The molecule has 0 heterocycles. The van der Waals surface area contributed by atoms with E-state index >= 15 is 0 Å². The fourth-order valence-electron chi connectivity index (χ4n) is 2.33. The van der Waals surface area contributed by atoms with Crippen molar-refractivity contribution in [3.05, 3.63) is 107 Å². The predicted octanol–water partition coefficient (Wildman–Crippen LogP) is 6.84. The monoisotopic (exact) mass is 383 g/mol. The van der Waals surface area contributed by atoms with E-state index in [4.69, 9.17) is 0 Å². The van der Waals surface area contributed by atoms with Crippen molar-refractivity contribution in [2.45, 2.75) is 11.8 Å². The standard InChI is InChI=1S/C22H16F3NS/c1-15-2-7-18(8-3-15)26-22(20-14-17(24)6-11-21(20)25)12-13-27-19-9-4-16(23)5-10-19/h2-14H,1H3. The first-order chi connectivity index (χ1) is 13.0. The van der Waals surface area contributed by atoms with Gasteiger partial charge in [0.25, 0.3) is 0 Å². The van der Waals surface area contributed by atoms with Gasteiger partial charge in [-0.2, -0.15) is 0 Å². The zero-order valence-electron chi connectivity index (χ0n) is 14.5. The number of benzene rings is 3. The number of aryl methyl sites for hydroxylation is 1. The first-order valence-corrected chi connectivity index (χ1v) is 9.09. The lowest BCUT2D eigenvalue weighted by Gasteiger charge is -2.05. The summed E-state index contributed by atoms with van der Waals surface area (Å²) < 4.78 is 40.9. The van der Waals surface area contributed by atoms with Gasteiger partial charge in [0.1, 0.15) is 17.5 Å². The van der Waals surface area contributed by atoms with Crippen LogP contribution in [0.25, 0.3) is 0 Å². The van der Waals surface area contributed by atoms with Crippen LogP contribution in [0, 0.1) is 24.4 Å². The van der Waals surface area contributed by atoms with E-state index < -0.39 is 11.6 Å². The molecule has 0 atom stereocenters. The quantitative estimate of drug-likeness (QED) is 0.347. The van der Waals surface area contributed by atoms with Gasteiger partial charge in [-0.05, 0) is 73.0 Å². The van der Waals surface area contributed by atoms with E-state index in [0.717, 1.165) is 28.7 Å². The van der Waals surface area contributed by atoms with Gasteiger partial charge in [-0.15, -0.1) is 0 Å². The Morgan fingerprint density at radius 1 is 0.852 bits per heavy atom. The lowest BCUT2D eigenvalue weighted by atomic mass is 10.1. The molecule has 3 rings (SSSR count). The van der Waals surface area contributed by atoms with Crippen LogP contribution in [-0.4, -0.2) is 5.71 Å². The van der Waals surface area contributed by atoms with Gasteiger partial charge in [-0.25, -0.2) is 18.2 Å². The van der Waals surface area contributed by atoms with Crippen LogP contribution in [0.3, 0.4) is 0 Å². The Balaban J connectivity index is 1.93. The van der Waals surface area contributed by atoms with Gasteiger partial charge in [-0.1, -0.05) is 29.5 Å². The lowest BCUT2D eigenvalue weighted by Crippen LogP contribution is -2.01. The Labute approximate surface area is 160 Å². The smallest absolute Gasteiger partial charge is 0.132 e. The highest BCUT2D eigenvalue weighted by molar-refractivity contribution is 8.02. The van der Waals surface area contributed by atoms with Gasteiger partial charge >= 0.3 is 0 Å². The van der Waals surface area contributed by atoms with Crippen molar-refractivity contribution >= 4 is 23.2 Å². The fraction of sp³-hybridized carbons (Fsp3) is 0.0455. The molecule has 0 aliphatic rings. The average molecular weight is 383 g/mol. The molecule has 0 unspecified atom stereocenters. The molecule has 0 amide bonds. The molecule has 0 aliphatic carbocycles. The summed E-state index contributed by atoms with van der Waals surface area (Å²) in [5.74, 6) is -1.41. The maximum absolute atomic E-state index is 14.3. The SMILES string of the molecule is Cc1ccc(N=C(C=CSc2ccc(F)cc2)c2cc(F)ccc2F)cc1. The second kappa shape index (κ2) is 8.73. The van der Waals surface area contributed by atoms with Crippen molar-refractivity contribution in [2.24, 2.45) is 4.99 Å². The summed E-state index contributed by atoms with van der Waals surface area (Å²) in [7, 11) is 0. The van der Waals surface area contributed by atoms with Crippen molar-refractivity contribution in [1.82, 2.24) is 0 Å². The van der Waals surface area contributed by atoms with Crippen molar-refractivity contribution in [1.29, 1.82) is 0 Å². The van der Waals surface area contributed by atoms with Gasteiger partial charge in [0.15, 0.2) is 0 Å². The molecule has 0 aromatic heterocycles. The fourth-order valence-corrected chi connectivity index (χ4v) is 2.98. The van der Waals surface area contributed by atoms with Crippen LogP contribution in [-0.2, 0) is 0 Å². The highest BCUT2D eigenvalue weighted by Gasteiger charge is 2.09. The predicted molar refractivity (Wildman–Crippen MR) is 105 cm³/mol. The van der Waals surface area contributed by atoms with Crippen molar-refractivity contribution in [3.63, 3.8) is 0 Å². The molecule has 5 heteroatoms. The molecule has 3 aromatic carbocycles. The van der Waals surface area contributed by atoms with Crippen LogP contribution in [0.5, 0.6) is 0 Å². The molecule has 136 valence electrons. The number of aliphatic imine (C=N–C) groups is 1. The van der Waals surface area contributed by atoms with Gasteiger partial charge < -0.3 is 0 Å². The van der Waals surface area contributed by atoms with Gasteiger partial charge in [0.05, 0.1) is 11.4 Å². The van der Waals surface area contributed by atoms with Crippen LogP contribution in [0.4, 0.5) is 18.9 Å². The maximum Gasteiger partial charge on any atom is 0.132 e. The molecule has 3 aromatic rings. The van der Waals surface area contributed by atoms with E-state index in [2.05, 4.69) is 4.99 Å². The molecule has 0 fully saturated rings. The lowest BCUT2D eigenvalue weighted by molar-refractivity contribution is 0.598. The van der Waals surface area contributed by atoms with Gasteiger partial charge in [0, 0.05) is 10.5 Å². The third kappa shape index (κ3) is 5.34. The second-order valence-corrected chi connectivity index (χ2v) is 6.81. The number of hydrogen-bond acceptors (Lipinski definition) is 2. The largest absolute Gasteiger partial charge is 0.248 e. The van der Waals surface area contributed by atoms with E-state index in [1.807, 2.05) is 31.2 Å². The minimum absolute atomic E-state index is 0.0755.